The molecule has 0 saturated carbocycles. The molecule has 0 aliphatic carbocycles. The van der Waals surface area contributed by atoms with Gasteiger partial charge in [0, 0.05) is 53.3 Å². The molecule has 4 nitrogen and oxygen atoms in total. The van der Waals surface area contributed by atoms with Gasteiger partial charge in [-0.1, -0.05) is 152 Å². The van der Waals surface area contributed by atoms with E-state index in [9.17, 15) is 0 Å². The van der Waals surface area contributed by atoms with E-state index < -0.39 is 0 Å². The third kappa shape index (κ3) is 5.40. The number of fused-ring (bicyclic) bond motifs is 6. The van der Waals surface area contributed by atoms with Gasteiger partial charge in [-0.15, -0.1) is 11.3 Å². The summed E-state index contributed by atoms with van der Waals surface area (Å²) in [5.41, 5.74) is 10.9. The van der Waals surface area contributed by atoms with Crippen LogP contribution in [0.2, 0.25) is 0 Å². The highest BCUT2D eigenvalue weighted by atomic mass is 32.1. The van der Waals surface area contributed by atoms with Crippen molar-refractivity contribution in [3.05, 3.63) is 194 Å². The monoisotopic (exact) mass is 732 g/mol. The molecule has 262 valence electrons. The maximum atomic E-state index is 5.34. The molecule has 0 fully saturated rings. The van der Waals surface area contributed by atoms with Gasteiger partial charge < -0.3 is 4.57 Å². The van der Waals surface area contributed by atoms with Gasteiger partial charge >= 0.3 is 0 Å². The van der Waals surface area contributed by atoms with Crippen LogP contribution in [0.5, 0.6) is 0 Å². The Labute approximate surface area is 327 Å². The first-order valence-corrected chi connectivity index (χ1v) is 19.6. The van der Waals surface area contributed by atoms with Crippen LogP contribution in [0.4, 0.5) is 0 Å². The molecule has 0 N–H and O–H groups in total. The van der Waals surface area contributed by atoms with Gasteiger partial charge in [-0.2, -0.15) is 0 Å². The van der Waals surface area contributed by atoms with Crippen molar-refractivity contribution in [3.63, 3.8) is 0 Å². The minimum Gasteiger partial charge on any atom is -0.309 e. The zero-order valence-electron chi connectivity index (χ0n) is 30.2. The predicted molar refractivity (Wildman–Crippen MR) is 234 cm³/mol. The number of nitrogens with zero attached hydrogens (tertiary/aromatic N) is 4. The predicted octanol–water partition coefficient (Wildman–Crippen LogP) is 13.7. The summed E-state index contributed by atoms with van der Waals surface area (Å²) in [6.45, 7) is 0. The van der Waals surface area contributed by atoms with Crippen molar-refractivity contribution in [3.8, 4) is 62.1 Å². The molecule has 8 aromatic carbocycles. The van der Waals surface area contributed by atoms with Crippen LogP contribution in [0, 0.1) is 0 Å². The number of thiophene rings is 1. The van der Waals surface area contributed by atoms with E-state index in [4.69, 9.17) is 15.0 Å². The highest BCUT2D eigenvalue weighted by Crippen LogP contribution is 2.41. The van der Waals surface area contributed by atoms with Crippen molar-refractivity contribution in [2.24, 2.45) is 0 Å². The van der Waals surface area contributed by atoms with Crippen LogP contribution in [0.25, 0.3) is 104 Å². The molecule has 5 heteroatoms. The second kappa shape index (κ2) is 13.3. The first-order valence-electron chi connectivity index (χ1n) is 18.8. The average Bonchev–Trinajstić information content (AvgIpc) is 3.83. The standard InChI is InChI=1S/C51H32N4S/c1-3-14-33(15-4-1)36-16-11-17-37(32-36)34-28-30-35(31-29-34)49-52-50(54-51(53-49)43-24-12-22-40-39-20-8-10-27-46(39)56-48(40)43)42-23-13-26-45-47(42)41-21-7-9-25-44(41)55(45)38-18-5-2-6-19-38/h1-32H. The summed E-state index contributed by atoms with van der Waals surface area (Å²) in [5, 5.41) is 4.72. The van der Waals surface area contributed by atoms with Crippen molar-refractivity contribution in [2.75, 3.05) is 0 Å². The summed E-state index contributed by atoms with van der Waals surface area (Å²) in [6, 6.07) is 68.5. The van der Waals surface area contributed by atoms with Crippen molar-refractivity contribution in [1.82, 2.24) is 19.5 Å². The van der Waals surface area contributed by atoms with Gasteiger partial charge in [-0.3, -0.25) is 0 Å². The van der Waals surface area contributed by atoms with Gasteiger partial charge in [0.15, 0.2) is 17.5 Å². The molecule has 11 aromatic rings. The lowest BCUT2D eigenvalue weighted by Crippen LogP contribution is -2.01. The maximum Gasteiger partial charge on any atom is 0.165 e. The molecular formula is C51H32N4S. The average molecular weight is 733 g/mol. The Morgan fingerprint density at radius 3 is 1.70 bits per heavy atom. The molecule has 0 atom stereocenters. The molecule has 0 radical (unpaired) electrons. The zero-order chi connectivity index (χ0) is 37.0. The Kier molecular flexibility index (Phi) is 7.64. The fourth-order valence-corrected chi connectivity index (χ4v) is 9.26. The van der Waals surface area contributed by atoms with Crippen molar-refractivity contribution >= 4 is 53.3 Å². The van der Waals surface area contributed by atoms with E-state index in [0.29, 0.717) is 17.5 Å². The topological polar surface area (TPSA) is 43.6 Å². The molecule has 0 unspecified atom stereocenters. The molecule has 3 aromatic heterocycles. The molecular weight excluding hydrogens is 701 g/mol. The minimum absolute atomic E-state index is 0.636. The van der Waals surface area contributed by atoms with Crippen LogP contribution in [0.15, 0.2) is 194 Å². The van der Waals surface area contributed by atoms with Crippen molar-refractivity contribution in [2.45, 2.75) is 0 Å². The van der Waals surface area contributed by atoms with Crippen LogP contribution in [0.1, 0.15) is 0 Å². The van der Waals surface area contributed by atoms with Crippen LogP contribution in [-0.2, 0) is 0 Å². The molecule has 0 aliphatic heterocycles. The Bertz CT molecular complexity index is 3240. The first kappa shape index (κ1) is 32.2. The summed E-state index contributed by atoms with van der Waals surface area (Å²) in [4.78, 5) is 15.9. The summed E-state index contributed by atoms with van der Waals surface area (Å²) in [6.07, 6.45) is 0. The fraction of sp³-hybridized carbons (Fsp3) is 0. The Morgan fingerprint density at radius 2 is 0.893 bits per heavy atom. The molecule has 0 saturated heterocycles. The summed E-state index contributed by atoms with van der Waals surface area (Å²) >= 11 is 1.79. The summed E-state index contributed by atoms with van der Waals surface area (Å²) in [7, 11) is 0. The van der Waals surface area contributed by atoms with Crippen LogP contribution < -0.4 is 0 Å². The van der Waals surface area contributed by atoms with Crippen molar-refractivity contribution < 1.29 is 0 Å². The van der Waals surface area contributed by atoms with E-state index in [1.807, 2.05) is 0 Å². The van der Waals surface area contributed by atoms with E-state index in [0.717, 1.165) is 55.3 Å². The largest absolute Gasteiger partial charge is 0.309 e. The van der Waals surface area contributed by atoms with Gasteiger partial charge in [0.05, 0.1) is 11.0 Å². The van der Waals surface area contributed by atoms with E-state index in [1.165, 1.54) is 31.3 Å². The minimum atomic E-state index is 0.636. The molecule has 56 heavy (non-hydrogen) atoms. The van der Waals surface area contributed by atoms with E-state index in [-0.39, 0.29) is 0 Å². The maximum absolute atomic E-state index is 5.34. The lowest BCUT2D eigenvalue weighted by atomic mass is 9.98. The lowest BCUT2D eigenvalue weighted by molar-refractivity contribution is 1.08. The highest BCUT2D eigenvalue weighted by molar-refractivity contribution is 7.26. The number of aromatic nitrogens is 4. The van der Waals surface area contributed by atoms with Crippen molar-refractivity contribution in [1.29, 1.82) is 0 Å². The third-order valence-electron chi connectivity index (χ3n) is 10.7. The third-order valence-corrected chi connectivity index (χ3v) is 11.9. The van der Waals surface area contributed by atoms with Gasteiger partial charge in [0.1, 0.15) is 0 Å². The van der Waals surface area contributed by atoms with Gasteiger partial charge in [0.25, 0.3) is 0 Å². The Hall–Kier alpha value is -7.21. The van der Waals surface area contributed by atoms with E-state index in [1.54, 1.807) is 11.3 Å². The fourth-order valence-electron chi connectivity index (χ4n) is 8.05. The molecule has 3 heterocycles. The molecule has 0 spiro atoms. The number of benzene rings is 8. The SMILES string of the molecule is c1ccc(-c2cccc(-c3ccc(-c4nc(-c5cccc6c5sc5ccccc56)nc(-c5cccc6c5c5ccccc5n6-c5ccccc5)n4)cc3)c2)cc1. The van der Waals surface area contributed by atoms with Crippen LogP contribution in [-0.4, -0.2) is 19.5 Å². The Morgan fingerprint density at radius 1 is 0.357 bits per heavy atom. The number of hydrogen-bond acceptors (Lipinski definition) is 4. The van der Waals surface area contributed by atoms with Gasteiger partial charge in [-0.05, 0) is 64.7 Å². The molecule has 0 aliphatic rings. The van der Waals surface area contributed by atoms with E-state index >= 15 is 0 Å². The first-order chi connectivity index (χ1) is 27.8. The van der Waals surface area contributed by atoms with Crippen LogP contribution in [0.3, 0.4) is 0 Å². The quantitative estimate of drug-likeness (QED) is 0.171. The molecule has 0 bridgehead atoms. The summed E-state index contributed by atoms with van der Waals surface area (Å²) in [5.74, 6) is 1.94. The second-order valence-electron chi connectivity index (χ2n) is 14.0. The van der Waals surface area contributed by atoms with Gasteiger partial charge in [-0.25, -0.2) is 15.0 Å². The highest BCUT2D eigenvalue weighted by Gasteiger charge is 2.21. The number of rotatable bonds is 6. The van der Waals surface area contributed by atoms with Crippen LogP contribution >= 0.6 is 11.3 Å². The molecule has 0 amide bonds. The molecule has 11 rings (SSSR count). The second-order valence-corrected chi connectivity index (χ2v) is 15.1. The summed E-state index contributed by atoms with van der Waals surface area (Å²) < 4.78 is 4.75. The van der Waals surface area contributed by atoms with E-state index in [2.05, 4.69) is 199 Å². The Balaban J connectivity index is 1.11. The number of hydrogen-bond donors (Lipinski definition) is 0. The smallest absolute Gasteiger partial charge is 0.165 e. The number of para-hydroxylation sites is 2. The lowest BCUT2D eigenvalue weighted by Gasteiger charge is -2.11. The van der Waals surface area contributed by atoms with Gasteiger partial charge in [0.2, 0.25) is 0 Å². The zero-order valence-corrected chi connectivity index (χ0v) is 31.0. The normalized spacial score (nSPS) is 11.6.